The molecule has 0 aliphatic heterocycles. The molecule has 0 atom stereocenters. The summed E-state index contributed by atoms with van der Waals surface area (Å²) in [5.41, 5.74) is 17.3. The number of aryl methyl sites for hydroxylation is 4. The predicted molar refractivity (Wildman–Crippen MR) is 359 cm³/mol. The van der Waals surface area contributed by atoms with E-state index in [1.165, 1.54) is 101 Å². The van der Waals surface area contributed by atoms with Crippen molar-refractivity contribution in [2.75, 3.05) is 59.7 Å². The summed E-state index contributed by atoms with van der Waals surface area (Å²) in [4.78, 5) is 11.0. The Bertz CT molecular complexity index is 3670. The fourth-order valence-corrected chi connectivity index (χ4v) is 9.44. The normalized spacial score (nSPS) is 10.3. The standard InChI is InChI=1S/2C17H15N.2C15H17N.C13H13N/c1-18(15-10-3-2-4-11-15)17-13-7-9-14-8-5-6-12-16(14)17;1-18(16-9-3-2-4-10-16)17-12-11-14-7-5-6-8-15(14)13-17;1-12-4-8-14(9-5-12)16(3)15-10-6-13(2)7-11-15;1-12-6-4-8-14(10-12)16(3)15-9-5-7-13(2)11-15;1-14(12-8-4-2-5-9-12)13-10-6-3-7-11-13/h2*2-13H,1H3;2*4-11H,1-3H3;2-11H,1H3. The number of nitrogens with zero attached hydrogens (tertiary/aromatic N) is 5. The maximum absolute atomic E-state index is 2.22. The van der Waals surface area contributed by atoms with Crippen molar-refractivity contribution in [1.29, 1.82) is 0 Å². The molecule has 0 fully saturated rings. The van der Waals surface area contributed by atoms with Gasteiger partial charge in [-0.1, -0.05) is 199 Å². The molecule has 0 aliphatic rings. The third kappa shape index (κ3) is 16.4. The van der Waals surface area contributed by atoms with Gasteiger partial charge in [0.1, 0.15) is 0 Å². The maximum Gasteiger partial charge on any atom is 0.0487 e. The van der Waals surface area contributed by atoms with Gasteiger partial charge in [-0.05, 0) is 170 Å². The Morgan fingerprint density at radius 2 is 0.476 bits per heavy atom. The lowest BCUT2D eigenvalue weighted by molar-refractivity contribution is 1.19. The van der Waals surface area contributed by atoms with E-state index >= 15 is 0 Å². The molecule has 0 amide bonds. The van der Waals surface area contributed by atoms with E-state index in [1.54, 1.807) is 0 Å². The molecule has 0 spiro atoms. The first-order valence-electron chi connectivity index (χ1n) is 28.0. The predicted octanol–water partition coefficient (Wildman–Crippen LogP) is 20.8. The minimum atomic E-state index is 1.20. The third-order valence-corrected chi connectivity index (χ3v) is 14.4. The zero-order chi connectivity index (χ0) is 57.6. The average Bonchev–Trinajstić information content (AvgIpc) is 3.67. The molecule has 0 aromatic heterocycles. The van der Waals surface area contributed by atoms with Crippen LogP contribution < -0.4 is 24.5 Å². The molecular formula is C77H77N5. The van der Waals surface area contributed by atoms with Crippen LogP contribution in [0.3, 0.4) is 0 Å². The Morgan fingerprint density at radius 3 is 0.915 bits per heavy atom. The number of fused-ring (bicyclic) bond motifs is 2. The van der Waals surface area contributed by atoms with Crippen molar-refractivity contribution in [1.82, 2.24) is 0 Å². The van der Waals surface area contributed by atoms with Gasteiger partial charge in [0.05, 0.1) is 0 Å². The van der Waals surface area contributed by atoms with Crippen LogP contribution in [0.25, 0.3) is 21.5 Å². The van der Waals surface area contributed by atoms with Gasteiger partial charge in [0, 0.05) is 97.5 Å². The van der Waals surface area contributed by atoms with Crippen LogP contribution in [0.15, 0.2) is 303 Å². The summed E-state index contributed by atoms with van der Waals surface area (Å²) in [7, 11) is 10.5. The van der Waals surface area contributed by atoms with E-state index in [9.17, 15) is 0 Å². The molecule has 12 aromatic rings. The average molecular weight is 1070 g/mol. The van der Waals surface area contributed by atoms with Crippen molar-refractivity contribution in [2.24, 2.45) is 0 Å². The second kappa shape index (κ2) is 29.4. The number of benzene rings is 12. The number of hydrogen-bond acceptors (Lipinski definition) is 5. The van der Waals surface area contributed by atoms with Crippen LogP contribution in [0.5, 0.6) is 0 Å². The van der Waals surface area contributed by atoms with Crippen LogP contribution >= 0.6 is 0 Å². The summed E-state index contributed by atoms with van der Waals surface area (Å²) in [6.45, 7) is 8.45. The lowest BCUT2D eigenvalue weighted by Crippen LogP contribution is -2.09. The highest BCUT2D eigenvalue weighted by molar-refractivity contribution is 5.96. The van der Waals surface area contributed by atoms with Crippen molar-refractivity contribution in [3.05, 3.63) is 326 Å². The topological polar surface area (TPSA) is 16.2 Å². The monoisotopic (exact) mass is 1070 g/mol. The van der Waals surface area contributed by atoms with Crippen LogP contribution in [0, 0.1) is 27.7 Å². The van der Waals surface area contributed by atoms with Gasteiger partial charge in [-0.15, -0.1) is 0 Å². The second-order valence-electron chi connectivity index (χ2n) is 20.5. The molecule has 0 radical (unpaired) electrons. The molecule has 0 saturated heterocycles. The van der Waals surface area contributed by atoms with Gasteiger partial charge in [-0.25, -0.2) is 0 Å². The van der Waals surface area contributed by atoms with Crippen LogP contribution in [-0.4, -0.2) is 35.2 Å². The Balaban J connectivity index is 0.000000135. The SMILES string of the molecule is CN(c1ccccc1)c1ccc2ccccc2c1.CN(c1ccccc1)c1cccc2ccccc12.CN(c1ccccc1)c1ccccc1.Cc1ccc(N(C)c2ccc(C)cc2)cc1.Cc1cccc(N(C)c2cccc(C)c2)c1. The fraction of sp³-hybridized carbons (Fsp3) is 0.117. The molecule has 5 heteroatoms. The quantitative estimate of drug-likeness (QED) is 0.135. The van der Waals surface area contributed by atoms with Crippen molar-refractivity contribution >= 4 is 78.4 Å². The largest absolute Gasteiger partial charge is 0.345 e. The highest BCUT2D eigenvalue weighted by atomic mass is 15.1. The van der Waals surface area contributed by atoms with Gasteiger partial charge < -0.3 is 24.5 Å². The number of anilines is 10. The van der Waals surface area contributed by atoms with Gasteiger partial charge >= 0.3 is 0 Å². The Kier molecular flexibility index (Phi) is 20.9. The molecule has 0 bridgehead atoms. The first-order chi connectivity index (χ1) is 39.9. The smallest absolute Gasteiger partial charge is 0.0487 e. The Labute approximate surface area is 488 Å². The van der Waals surface area contributed by atoms with E-state index in [-0.39, 0.29) is 0 Å². The molecule has 0 heterocycles. The molecule has 12 aromatic carbocycles. The molecule has 82 heavy (non-hydrogen) atoms. The van der Waals surface area contributed by atoms with E-state index in [4.69, 9.17) is 0 Å². The lowest BCUT2D eigenvalue weighted by atomic mass is 10.1. The third-order valence-electron chi connectivity index (χ3n) is 14.4. The number of hydrogen-bond donors (Lipinski definition) is 0. The zero-order valence-electron chi connectivity index (χ0n) is 49.1. The summed E-state index contributed by atoms with van der Waals surface area (Å²) in [5.74, 6) is 0. The van der Waals surface area contributed by atoms with E-state index in [0.717, 1.165) is 0 Å². The van der Waals surface area contributed by atoms with Gasteiger partial charge in [0.2, 0.25) is 0 Å². The van der Waals surface area contributed by atoms with Gasteiger partial charge in [-0.2, -0.15) is 0 Å². The van der Waals surface area contributed by atoms with Crippen molar-refractivity contribution in [3.63, 3.8) is 0 Å². The van der Waals surface area contributed by atoms with Crippen LogP contribution in [-0.2, 0) is 0 Å². The Morgan fingerprint density at radius 1 is 0.183 bits per heavy atom. The van der Waals surface area contributed by atoms with Crippen molar-refractivity contribution in [2.45, 2.75) is 27.7 Å². The molecule has 5 nitrogen and oxygen atoms in total. The van der Waals surface area contributed by atoms with E-state index in [0.29, 0.717) is 0 Å². The fourth-order valence-electron chi connectivity index (χ4n) is 9.44. The number of rotatable bonds is 10. The Hall–Kier alpha value is -9.84. The summed E-state index contributed by atoms with van der Waals surface area (Å²) < 4.78 is 0. The molecule has 0 saturated carbocycles. The molecule has 12 rings (SSSR count). The lowest BCUT2D eigenvalue weighted by Gasteiger charge is -2.21. The molecule has 0 N–H and O–H groups in total. The van der Waals surface area contributed by atoms with E-state index in [2.05, 4.69) is 366 Å². The van der Waals surface area contributed by atoms with Crippen LogP contribution in [0.2, 0.25) is 0 Å². The molecular weight excluding hydrogens is 995 g/mol. The number of para-hydroxylation sites is 4. The summed E-state index contributed by atoms with van der Waals surface area (Å²) in [6, 6.07) is 106. The molecule has 0 aliphatic carbocycles. The summed E-state index contributed by atoms with van der Waals surface area (Å²) in [5, 5.41) is 5.12. The van der Waals surface area contributed by atoms with Gasteiger partial charge in [0.25, 0.3) is 0 Å². The van der Waals surface area contributed by atoms with Crippen molar-refractivity contribution in [3.8, 4) is 0 Å². The minimum Gasteiger partial charge on any atom is -0.345 e. The van der Waals surface area contributed by atoms with Crippen LogP contribution in [0.1, 0.15) is 22.3 Å². The zero-order valence-corrected chi connectivity index (χ0v) is 49.1. The maximum atomic E-state index is 2.22. The minimum absolute atomic E-state index is 1.20. The van der Waals surface area contributed by atoms with Crippen LogP contribution in [0.4, 0.5) is 56.9 Å². The molecule has 0 unspecified atom stereocenters. The first-order valence-corrected chi connectivity index (χ1v) is 28.0. The van der Waals surface area contributed by atoms with E-state index < -0.39 is 0 Å². The summed E-state index contributed by atoms with van der Waals surface area (Å²) >= 11 is 0. The van der Waals surface area contributed by atoms with E-state index in [1.807, 2.05) is 24.3 Å². The second-order valence-corrected chi connectivity index (χ2v) is 20.5. The van der Waals surface area contributed by atoms with Gasteiger partial charge in [0.15, 0.2) is 0 Å². The first kappa shape index (κ1) is 58.3. The highest BCUT2D eigenvalue weighted by Crippen LogP contribution is 2.32. The highest BCUT2D eigenvalue weighted by Gasteiger charge is 2.09. The van der Waals surface area contributed by atoms with Gasteiger partial charge in [-0.3, -0.25) is 0 Å². The molecule has 410 valence electrons. The van der Waals surface area contributed by atoms with Crippen molar-refractivity contribution < 1.29 is 0 Å². The summed E-state index contributed by atoms with van der Waals surface area (Å²) in [6.07, 6.45) is 0.